The molecule has 0 N–H and O–H groups in total. The molecule has 0 spiro atoms. The van der Waals surface area contributed by atoms with Crippen LogP contribution in [0.3, 0.4) is 0 Å². The molecule has 1 aromatic carbocycles. The second kappa shape index (κ2) is 8.42. The second-order valence-electron chi connectivity index (χ2n) is 6.89. The summed E-state index contributed by atoms with van der Waals surface area (Å²) in [6.45, 7) is 1.61. The number of likely N-dealkylation sites (N-methyl/N-ethyl adjacent to an activating group) is 1. The van der Waals surface area contributed by atoms with Gasteiger partial charge in [-0.05, 0) is 31.3 Å². The topological polar surface area (TPSA) is 70.1 Å². The van der Waals surface area contributed by atoms with Gasteiger partial charge in [0, 0.05) is 46.9 Å². The van der Waals surface area contributed by atoms with E-state index < -0.39 is 0 Å². The van der Waals surface area contributed by atoms with Gasteiger partial charge in [-0.1, -0.05) is 35.5 Å². The van der Waals surface area contributed by atoms with Gasteiger partial charge in [0.15, 0.2) is 5.78 Å². The fourth-order valence-corrected chi connectivity index (χ4v) is 4.54. The molecule has 0 bridgehead atoms. The van der Waals surface area contributed by atoms with Crippen molar-refractivity contribution in [3.63, 3.8) is 0 Å². The maximum absolute atomic E-state index is 12.6. The lowest BCUT2D eigenvalue weighted by atomic mass is 9.95. The second-order valence-corrected chi connectivity index (χ2v) is 8.29. The van der Waals surface area contributed by atoms with Gasteiger partial charge in [-0.15, -0.1) is 0 Å². The number of benzene rings is 1. The van der Waals surface area contributed by atoms with Crippen LogP contribution in [-0.2, 0) is 13.0 Å². The molecular formula is C22H18ClN3O2S. The molecule has 1 aliphatic rings. The zero-order chi connectivity index (χ0) is 20.4. The third-order valence-electron chi connectivity index (χ3n) is 4.87. The van der Waals surface area contributed by atoms with Gasteiger partial charge in [0.25, 0.3) is 0 Å². The SMILES string of the molecule is CN1CCc2nc(SCC(=O)c3cccc(Cl)c3)c(C#N)c(-c3ccco3)c2C1. The predicted octanol–water partition coefficient (Wildman–Crippen LogP) is 4.83. The number of hydrogen-bond acceptors (Lipinski definition) is 6. The van der Waals surface area contributed by atoms with Crippen molar-refractivity contribution in [2.45, 2.75) is 18.0 Å². The lowest BCUT2D eigenvalue weighted by molar-refractivity contribution is 0.102. The Balaban J connectivity index is 1.71. The molecule has 146 valence electrons. The molecule has 2 aromatic heterocycles. The summed E-state index contributed by atoms with van der Waals surface area (Å²) in [5, 5.41) is 11.0. The molecule has 0 fully saturated rings. The number of halogens is 1. The quantitative estimate of drug-likeness (QED) is 0.432. The lowest BCUT2D eigenvalue weighted by Crippen LogP contribution is -2.28. The molecule has 29 heavy (non-hydrogen) atoms. The average molecular weight is 424 g/mol. The zero-order valence-corrected chi connectivity index (χ0v) is 17.4. The number of nitrogens with zero attached hydrogens (tertiary/aromatic N) is 3. The Kier molecular flexibility index (Phi) is 5.72. The Labute approximate surface area is 178 Å². The highest BCUT2D eigenvalue weighted by molar-refractivity contribution is 8.00. The number of thioether (sulfide) groups is 1. The predicted molar refractivity (Wildman–Crippen MR) is 113 cm³/mol. The molecule has 3 heterocycles. The molecule has 0 radical (unpaired) electrons. The summed E-state index contributed by atoms with van der Waals surface area (Å²) in [6.07, 6.45) is 2.40. The van der Waals surface area contributed by atoms with Crippen molar-refractivity contribution >= 4 is 29.1 Å². The Hall–Kier alpha value is -2.59. The van der Waals surface area contributed by atoms with E-state index in [1.165, 1.54) is 11.8 Å². The normalized spacial score (nSPS) is 13.7. The van der Waals surface area contributed by atoms with Crippen LogP contribution in [0, 0.1) is 11.3 Å². The third kappa shape index (κ3) is 4.08. The maximum Gasteiger partial charge on any atom is 0.173 e. The van der Waals surface area contributed by atoms with Crippen LogP contribution in [0.2, 0.25) is 5.02 Å². The van der Waals surface area contributed by atoms with Crippen molar-refractivity contribution < 1.29 is 9.21 Å². The molecule has 5 nitrogen and oxygen atoms in total. The Morgan fingerprint density at radius 3 is 2.97 bits per heavy atom. The molecule has 3 aromatic rings. The largest absolute Gasteiger partial charge is 0.464 e. The molecular weight excluding hydrogens is 406 g/mol. The number of furan rings is 1. The summed E-state index contributed by atoms with van der Waals surface area (Å²) < 4.78 is 5.64. The number of carbonyl (C=O) groups is 1. The van der Waals surface area contributed by atoms with Crippen LogP contribution in [0.1, 0.15) is 27.2 Å². The average Bonchev–Trinajstić information content (AvgIpc) is 3.25. The van der Waals surface area contributed by atoms with E-state index in [2.05, 4.69) is 11.0 Å². The molecule has 0 saturated carbocycles. The smallest absolute Gasteiger partial charge is 0.173 e. The van der Waals surface area contributed by atoms with E-state index in [-0.39, 0.29) is 11.5 Å². The van der Waals surface area contributed by atoms with Crippen LogP contribution >= 0.6 is 23.4 Å². The minimum Gasteiger partial charge on any atom is -0.464 e. The van der Waals surface area contributed by atoms with E-state index in [4.69, 9.17) is 21.0 Å². The van der Waals surface area contributed by atoms with E-state index in [1.807, 2.05) is 19.2 Å². The zero-order valence-electron chi connectivity index (χ0n) is 15.8. The van der Waals surface area contributed by atoms with E-state index in [0.717, 1.165) is 29.8 Å². The van der Waals surface area contributed by atoms with E-state index >= 15 is 0 Å². The number of carbonyl (C=O) groups excluding carboxylic acids is 1. The van der Waals surface area contributed by atoms with Crippen LogP contribution in [0.15, 0.2) is 52.1 Å². The summed E-state index contributed by atoms with van der Waals surface area (Å²) in [7, 11) is 2.05. The van der Waals surface area contributed by atoms with Crippen molar-refractivity contribution in [2.75, 3.05) is 19.3 Å². The number of aromatic nitrogens is 1. The Bertz CT molecular complexity index is 1110. The van der Waals surface area contributed by atoms with Crippen LogP contribution in [0.4, 0.5) is 0 Å². The molecule has 4 rings (SSSR count). The molecule has 7 heteroatoms. The van der Waals surface area contributed by atoms with Gasteiger partial charge >= 0.3 is 0 Å². The van der Waals surface area contributed by atoms with Crippen molar-refractivity contribution in [2.24, 2.45) is 0 Å². The highest BCUT2D eigenvalue weighted by atomic mass is 35.5. The van der Waals surface area contributed by atoms with Gasteiger partial charge in [-0.25, -0.2) is 4.98 Å². The summed E-state index contributed by atoms with van der Waals surface area (Å²) in [6, 6.07) is 12.8. The standard InChI is InChI=1S/C22H18ClN3O2S/c1-26-8-7-18-17(12-26)21(20-6-3-9-28-20)16(11-24)22(25-18)29-13-19(27)14-4-2-5-15(23)10-14/h2-6,9-10H,7-8,12-13H2,1H3. The molecule has 0 atom stereocenters. The van der Waals surface area contributed by atoms with Gasteiger partial charge in [0.1, 0.15) is 16.9 Å². The van der Waals surface area contributed by atoms with Crippen LogP contribution in [0.25, 0.3) is 11.3 Å². The summed E-state index contributed by atoms with van der Waals surface area (Å²) in [4.78, 5) is 19.6. The highest BCUT2D eigenvalue weighted by Gasteiger charge is 2.26. The van der Waals surface area contributed by atoms with Crippen molar-refractivity contribution in [1.82, 2.24) is 9.88 Å². The number of nitriles is 1. The lowest BCUT2D eigenvalue weighted by Gasteiger charge is -2.27. The van der Waals surface area contributed by atoms with Gasteiger partial charge < -0.3 is 9.32 Å². The highest BCUT2D eigenvalue weighted by Crippen LogP contribution is 2.37. The van der Waals surface area contributed by atoms with Crippen LogP contribution in [-0.4, -0.2) is 35.0 Å². The molecule has 0 amide bonds. The number of hydrogen-bond donors (Lipinski definition) is 0. The first-order chi connectivity index (χ1) is 14.1. The monoisotopic (exact) mass is 423 g/mol. The fraction of sp³-hybridized carbons (Fsp3) is 0.227. The minimum absolute atomic E-state index is 0.0554. The van der Waals surface area contributed by atoms with Crippen LogP contribution in [0.5, 0.6) is 0 Å². The van der Waals surface area contributed by atoms with Gasteiger partial charge in [0.05, 0.1) is 17.6 Å². The Morgan fingerprint density at radius 2 is 2.24 bits per heavy atom. The first-order valence-corrected chi connectivity index (χ1v) is 10.5. The summed E-state index contributed by atoms with van der Waals surface area (Å²) in [5.41, 5.74) is 3.78. The number of pyridine rings is 1. The number of fused-ring (bicyclic) bond motifs is 1. The van der Waals surface area contributed by atoms with Gasteiger partial charge in [-0.2, -0.15) is 5.26 Å². The molecule has 0 unspecified atom stereocenters. The number of Topliss-reactive ketones (excluding diaryl/α,β-unsaturated/α-hetero) is 1. The molecule has 0 saturated heterocycles. The van der Waals surface area contributed by atoms with E-state index in [1.54, 1.807) is 30.5 Å². The fourth-order valence-electron chi connectivity index (χ4n) is 3.45. The van der Waals surface area contributed by atoms with Crippen molar-refractivity contribution in [3.05, 3.63) is 70.1 Å². The van der Waals surface area contributed by atoms with Crippen molar-refractivity contribution in [3.8, 4) is 17.4 Å². The summed E-state index contributed by atoms with van der Waals surface area (Å²) in [5.74, 6) is 0.775. The van der Waals surface area contributed by atoms with Gasteiger partial charge in [0.2, 0.25) is 0 Å². The first-order valence-electron chi connectivity index (χ1n) is 9.16. The molecule has 0 aliphatic carbocycles. The minimum atomic E-state index is -0.0554. The Morgan fingerprint density at radius 1 is 1.38 bits per heavy atom. The first kappa shape index (κ1) is 19.7. The molecule has 1 aliphatic heterocycles. The summed E-state index contributed by atoms with van der Waals surface area (Å²) >= 11 is 7.28. The number of rotatable bonds is 5. The van der Waals surface area contributed by atoms with E-state index in [9.17, 15) is 10.1 Å². The van der Waals surface area contributed by atoms with E-state index in [0.29, 0.717) is 33.5 Å². The maximum atomic E-state index is 12.6. The van der Waals surface area contributed by atoms with Crippen LogP contribution < -0.4 is 0 Å². The number of ketones is 1. The van der Waals surface area contributed by atoms with Gasteiger partial charge in [-0.3, -0.25) is 4.79 Å². The van der Waals surface area contributed by atoms with Crippen molar-refractivity contribution in [1.29, 1.82) is 5.26 Å². The third-order valence-corrected chi connectivity index (χ3v) is 6.09.